The average Bonchev–Trinajstić information content (AvgIpc) is 2.18. The van der Waals surface area contributed by atoms with Crippen molar-refractivity contribution in [2.45, 2.75) is 19.4 Å². The predicted octanol–water partition coefficient (Wildman–Crippen LogP) is 1.71. The molecule has 1 rings (SSSR count). The lowest BCUT2D eigenvalue weighted by atomic mass is 10.0. The van der Waals surface area contributed by atoms with E-state index in [2.05, 4.69) is 4.98 Å². The molecule has 4 nitrogen and oxygen atoms in total. The molecule has 0 saturated heterocycles. The summed E-state index contributed by atoms with van der Waals surface area (Å²) >= 11 is 1.68. The zero-order valence-electron chi connectivity index (χ0n) is 8.08. The van der Waals surface area contributed by atoms with Gasteiger partial charge >= 0.3 is 5.97 Å². The molecule has 0 aliphatic heterocycles. The zero-order chi connectivity index (χ0) is 12.3. The van der Waals surface area contributed by atoms with E-state index in [0.29, 0.717) is 0 Å². The maximum atomic E-state index is 12.7. The summed E-state index contributed by atoms with van der Waals surface area (Å²) in [4.78, 5) is 14.3. The number of aromatic nitrogens is 1. The minimum absolute atomic E-state index is 0.124. The fourth-order valence-electron chi connectivity index (χ4n) is 1.36. The van der Waals surface area contributed by atoms with Crippen LogP contribution in [-0.2, 0) is 17.8 Å². The van der Waals surface area contributed by atoms with E-state index >= 15 is 0 Å². The molecule has 3 N–H and O–H groups in total. The van der Waals surface area contributed by atoms with Crippen LogP contribution in [0.4, 0.5) is 8.78 Å². The number of halogens is 3. The lowest BCUT2D eigenvalue weighted by Gasteiger charge is -2.12. The number of carbonyl (C=O) groups is 1. The Morgan fingerprint density at radius 2 is 2.25 bits per heavy atom. The molecule has 0 spiro atoms. The fourth-order valence-corrected chi connectivity index (χ4v) is 2.06. The van der Waals surface area contributed by atoms with Gasteiger partial charge in [0.25, 0.3) is 6.43 Å². The molecule has 0 radical (unpaired) electrons. The van der Waals surface area contributed by atoms with Crippen molar-refractivity contribution in [1.29, 1.82) is 0 Å². The Morgan fingerprint density at radius 1 is 1.62 bits per heavy atom. The highest BCUT2D eigenvalue weighted by Crippen LogP contribution is 2.28. The van der Waals surface area contributed by atoms with Crippen molar-refractivity contribution in [3.8, 4) is 0 Å². The number of carboxylic acid groups (broad SMARTS) is 1. The average molecular weight is 342 g/mol. The molecule has 88 valence electrons. The van der Waals surface area contributed by atoms with Crippen molar-refractivity contribution in [1.82, 2.24) is 4.98 Å². The van der Waals surface area contributed by atoms with E-state index in [1.807, 2.05) is 0 Å². The molecular weight excluding hydrogens is 333 g/mol. The van der Waals surface area contributed by atoms with Crippen LogP contribution < -0.4 is 5.73 Å². The Hall–Kier alpha value is -0.830. The third kappa shape index (κ3) is 2.85. The molecule has 0 aliphatic rings. The highest BCUT2D eigenvalue weighted by Gasteiger charge is 2.20. The van der Waals surface area contributed by atoms with Gasteiger partial charge < -0.3 is 10.8 Å². The topological polar surface area (TPSA) is 76.2 Å². The molecule has 1 aromatic rings. The zero-order valence-corrected chi connectivity index (χ0v) is 10.2. The molecule has 0 saturated carbocycles. The molecule has 0 aromatic carbocycles. The largest absolute Gasteiger partial charge is 0.481 e. The quantitative estimate of drug-likeness (QED) is 0.645. The molecule has 1 aromatic heterocycles. The van der Waals surface area contributed by atoms with Crippen molar-refractivity contribution < 1.29 is 18.7 Å². The van der Waals surface area contributed by atoms with Crippen molar-refractivity contribution >= 4 is 28.6 Å². The third-order valence-corrected chi connectivity index (χ3v) is 2.89. The predicted molar refractivity (Wildman–Crippen MR) is 61.1 cm³/mol. The van der Waals surface area contributed by atoms with Crippen LogP contribution in [0.15, 0.2) is 6.20 Å². The molecule has 0 aliphatic carbocycles. The number of hydrogen-bond acceptors (Lipinski definition) is 3. The van der Waals surface area contributed by atoms with Gasteiger partial charge in [-0.1, -0.05) is 0 Å². The van der Waals surface area contributed by atoms with Crippen LogP contribution in [0.2, 0.25) is 0 Å². The van der Waals surface area contributed by atoms with E-state index in [0.717, 1.165) is 0 Å². The summed E-state index contributed by atoms with van der Waals surface area (Å²) in [6.07, 6.45) is -1.77. The minimum atomic E-state index is -2.70. The maximum absolute atomic E-state index is 12.7. The standard InChI is InChI=1S/C9H9F2IN2O2/c10-8(11)7-5(2-13)4(1-6(15)16)3-14-9(7)12/h3,8H,1-2,13H2,(H,15,16). The summed E-state index contributed by atoms with van der Waals surface area (Å²) in [7, 11) is 0. The summed E-state index contributed by atoms with van der Waals surface area (Å²) in [6, 6.07) is 0. The minimum Gasteiger partial charge on any atom is -0.481 e. The molecule has 16 heavy (non-hydrogen) atoms. The summed E-state index contributed by atoms with van der Waals surface area (Å²) in [5, 5.41) is 8.63. The van der Waals surface area contributed by atoms with Gasteiger partial charge in [0.2, 0.25) is 0 Å². The van der Waals surface area contributed by atoms with Gasteiger partial charge in [0.1, 0.15) is 3.70 Å². The van der Waals surface area contributed by atoms with Gasteiger partial charge in [-0.15, -0.1) is 0 Å². The Bertz CT molecular complexity index is 413. The highest BCUT2D eigenvalue weighted by atomic mass is 127. The Kier molecular flexibility index (Phi) is 4.54. The molecular formula is C9H9F2IN2O2. The van der Waals surface area contributed by atoms with Crippen LogP contribution in [0.5, 0.6) is 0 Å². The first kappa shape index (κ1) is 13.2. The molecule has 0 amide bonds. The molecule has 0 atom stereocenters. The van der Waals surface area contributed by atoms with Gasteiger partial charge in [-0.25, -0.2) is 13.8 Å². The van der Waals surface area contributed by atoms with E-state index in [1.165, 1.54) is 6.20 Å². The number of hydrogen-bond donors (Lipinski definition) is 2. The van der Waals surface area contributed by atoms with Gasteiger partial charge in [0.15, 0.2) is 0 Å². The van der Waals surface area contributed by atoms with Crippen molar-refractivity contribution in [2.75, 3.05) is 0 Å². The van der Waals surface area contributed by atoms with E-state index in [9.17, 15) is 13.6 Å². The van der Waals surface area contributed by atoms with Gasteiger partial charge in [0, 0.05) is 12.7 Å². The number of nitrogens with two attached hydrogens (primary N) is 1. The van der Waals surface area contributed by atoms with Crippen LogP contribution >= 0.6 is 22.6 Å². The van der Waals surface area contributed by atoms with Crippen molar-refractivity contribution in [3.05, 3.63) is 26.6 Å². The lowest BCUT2D eigenvalue weighted by molar-refractivity contribution is -0.136. The number of alkyl halides is 2. The second-order valence-electron chi connectivity index (χ2n) is 3.04. The van der Waals surface area contributed by atoms with Crippen LogP contribution in [0.1, 0.15) is 23.1 Å². The van der Waals surface area contributed by atoms with E-state index in [4.69, 9.17) is 10.8 Å². The van der Waals surface area contributed by atoms with Gasteiger partial charge in [-0.3, -0.25) is 4.79 Å². The molecule has 0 bridgehead atoms. The first-order valence-corrected chi connectivity index (χ1v) is 5.41. The fraction of sp³-hybridized carbons (Fsp3) is 0.333. The second kappa shape index (κ2) is 5.48. The molecule has 1 heterocycles. The summed E-state index contributed by atoms with van der Waals surface area (Å²) in [5.74, 6) is -1.10. The smallest absolute Gasteiger partial charge is 0.307 e. The second-order valence-corrected chi connectivity index (χ2v) is 4.06. The lowest BCUT2D eigenvalue weighted by Crippen LogP contribution is -2.12. The maximum Gasteiger partial charge on any atom is 0.307 e. The third-order valence-electron chi connectivity index (χ3n) is 2.03. The molecule has 0 unspecified atom stereocenters. The van der Waals surface area contributed by atoms with E-state index in [-0.39, 0.29) is 33.4 Å². The van der Waals surface area contributed by atoms with Crippen LogP contribution in [0.25, 0.3) is 0 Å². The Morgan fingerprint density at radius 3 is 2.69 bits per heavy atom. The summed E-state index contributed by atoms with van der Waals surface area (Å²) in [5.41, 5.74) is 5.53. The van der Waals surface area contributed by atoms with E-state index in [1.54, 1.807) is 22.6 Å². The Labute approximate surface area is 104 Å². The highest BCUT2D eigenvalue weighted by molar-refractivity contribution is 14.1. The number of carboxylic acids is 1. The SMILES string of the molecule is NCc1c(CC(=O)O)cnc(I)c1C(F)F. The first-order valence-electron chi connectivity index (χ1n) is 4.33. The first-order chi connectivity index (χ1) is 7.47. The normalized spacial score (nSPS) is 10.8. The van der Waals surface area contributed by atoms with Crippen molar-refractivity contribution in [3.63, 3.8) is 0 Å². The molecule has 0 fully saturated rings. The van der Waals surface area contributed by atoms with Crippen LogP contribution in [0.3, 0.4) is 0 Å². The number of rotatable bonds is 4. The van der Waals surface area contributed by atoms with E-state index < -0.39 is 12.4 Å². The van der Waals surface area contributed by atoms with Gasteiger partial charge in [-0.2, -0.15) is 0 Å². The summed E-state index contributed by atoms with van der Waals surface area (Å²) in [6.45, 7) is -0.124. The monoisotopic (exact) mass is 342 g/mol. The van der Waals surface area contributed by atoms with Crippen LogP contribution in [-0.4, -0.2) is 16.1 Å². The summed E-state index contributed by atoms with van der Waals surface area (Å²) < 4.78 is 25.6. The van der Waals surface area contributed by atoms with Crippen LogP contribution in [0, 0.1) is 3.70 Å². The number of pyridine rings is 1. The van der Waals surface area contributed by atoms with Gasteiger partial charge in [0.05, 0.1) is 12.0 Å². The Balaban J connectivity index is 3.30. The van der Waals surface area contributed by atoms with Crippen molar-refractivity contribution in [2.24, 2.45) is 5.73 Å². The van der Waals surface area contributed by atoms with Gasteiger partial charge in [-0.05, 0) is 33.7 Å². The number of aliphatic carboxylic acids is 1. The number of nitrogens with zero attached hydrogens (tertiary/aromatic N) is 1. The molecule has 7 heteroatoms.